The van der Waals surface area contributed by atoms with Crippen LogP contribution in [0.25, 0.3) is 11.1 Å². The summed E-state index contributed by atoms with van der Waals surface area (Å²) in [5, 5.41) is 0. The van der Waals surface area contributed by atoms with Crippen molar-refractivity contribution >= 4 is 13.3 Å². The molecule has 0 heterocycles. The normalized spacial score (nSPS) is 11.1. The van der Waals surface area contributed by atoms with Crippen molar-refractivity contribution in [1.82, 2.24) is 0 Å². The Balaban J connectivity index is 3.03. The number of halogens is 9. The van der Waals surface area contributed by atoms with Crippen molar-refractivity contribution in [2.24, 2.45) is 0 Å². The first-order chi connectivity index (χ1) is 10.1. The van der Waals surface area contributed by atoms with Gasteiger partial charge in [0.25, 0.3) is 0 Å². The Labute approximate surface area is 117 Å². The molecule has 0 aliphatic heterocycles. The summed E-state index contributed by atoms with van der Waals surface area (Å²) in [4.78, 5) is 0. The molecule has 2 aromatic rings. The topological polar surface area (TPSA) is 0 Å². The summed E-state index contributed by atoms with van der Waals surface area (Å²) in [5.41, 5.74) is -5.26. The van der Waals surface area contributed by atoms with Crippen LogP contribution in [-0.2, 0) is 0 Å². The lowest BCUT2D eigenvalue weighted by molar-refractivity contribution is 0.379. The molecule has 0 unspecified atom stereocenters. The highest BCUT2D eigenvalue weighted by Gasteiger charge is 2.33. The predicted molar refractivity (Wildman–Crippen MR) is 59.7 cm³/mol. The van der Waals surface area contributed by atoms with Crippen molar-refractivity contribution < 1.29 is 39.5 Å². The standard InChI is InChI=1S/C12H2BF9/c13-3-8(18)4(14)1(5(15)9(3)19)2-6(16)10(20)12(22)11(21)7(2)17/h13H2. The molecule has 0 radical (unpaired) electrons. The molecule has 10 heteroatoms. The van der Waals surface area contributed by atoms with E-state index in [-0.39, 0.29) is 0 Å². The third-order valence-corrected chi connectivity index (χ3v) is 2.94. The van der Waals surface area contributed by atoms with Crippen molar-refractivity contribution in [2.45, 2.75) is 0 Å². The van der Waals surface area contributed by atoms with Crippen molar-refractivity contribution in [1.29, 1.82) is 0 Å². The molecule has 0 saturated carbocycles. The van der Waals surface area contributed by atoms with Crippen LogP contribution in [0.3, 0.4) is 0 Å². The fraction of sp³-hybridized carbons (Fsp3) is 0. The molecule has 0 aliphatic rings. The van der Waals surface area contributed by atoms with Crippen LogP contribution in [0.15, 0.2) is 0 Å². The van der Waals surface area contributed by atoms with Gasteiger partial charge in [-0.1, -0.05) is 0 Å². The van der Waals surface area contributed by atoms with E-state index >= 15 is 0 Å². The molecular formula is C12H2BF9. The van der Waals surface area contributed by atoms with E-state index < -0.39 is 68.9 Å². The summed E-state index contributed by atoms with van der Waals surface area (Å²) in [6.45, 7) is 0. The van der Waals surface area contributed by atoms with Gasteiger partial charge in [-0.15, -0.1) is 0 Å². The minimum Gasteiger partial charge on any atom is -0.204 e. The number of rotatable bonds is 1. The van der Waals surface area contributed by atoms with Crippen LogP contribution in [0, 0.1) is 52.4 Å². The monoisotopic (exact) mass is 328 g/mol. The maximum absolute atomic E-state index is 13.7. The van der Waals surface area contributed by atoms with Gasteiger partial charge >= 0.3 is 0 Å². The van der Waals surface area contributed by atoms with Gasteiger partial charge in [0, 0.05) is 0 Å². The van der Waals surface area contributed by atoms with Crippen LogP contribution in [0.4, 0.5) is 39.5 Å². The molecule has 0 aliphatic carbocycles. The molecule has 0 N–H and O–H groups in total. The number of hydrogen-bond acceptors (Lipinski definition) is 0. The quantitative estimate of drug-likeness (QED) is 0.327. The SMILES string of the molecule is Bc1c(F)c(F)c(-c2c(F)c(F)c(F)c(F)c2F)c(F)c1F. The van der Waals surface area contributed by atoms with Gasteiger partial charge in [-0.2, -0.15) is 0 Å². The van der Waals surface area contributed by atoms with Gasteiger partial charge in [-0.25, -0.2) is 39.5 Å². The van der Waals surface area contributed by atoms with Gasteiger partial charge in [-0.3, -0.25) is 0 Å². The van der Waals surface area contributed by atoms with E-state index in [1.54, 1.807) is 0 Å². The predicted octanol–water partition coefficient (Wildman–Crippen LogP) is 2.86. The summed E-state index contributed by atoms with van der Waals surface area (Å²) >= 11 is 0. The Hall–Kier alpha value is -2.13. The molecule has 0 aromatic heterocycles. The first-order valence-electron chi connectivity index (χ1n) is 5.45. The van der Waals surface area contributed by atoms with E-state index in [2.05, 4.69) is 0 Å². The summed E-state index contributed by atoms with van der Waals surface area (Å²) in [6, 6.07) is 0. The first kappa shape index (κ1) is 16.2. The Kier molecular flexibility index (Phi) is 3.88. The highest BCUT2D eigenvalue weighted by molar-refractivity contribution is 6.32. The second kappa shape index (κ2) is 5.26. The Morgan fingerprint density at radius 2 is 0.591 bits per heavy atom. The molecule has 2 aromatic carbocycles. The summed E-state index contributed by atoms with van der Waals surface area (Å²) < 4.78 is 120. The maximum atomic E-state index is 13.7. The first-order valence-corrected chi connectivity index (χ1v) is 5.45. The molecule has 0 saturated heterocycles. The third kappa shape index (κ3) is 2.05. The average molecular weight is 328 g/mol. The summed E-state index contributed by atoms with van der Waals surface area (Å²) in [5.74, 6) is -21.4. The van der Waals surface area contributed by atoms with Crippen LogP contribution in [0.1, 0.15) is 0 Å². The molecule has 0 amide bonds. The molecule has 116 valence electrons. The van der Waals surface area contributed by atoms with E-state index in [9.17, 15) is 39.5 Å². The molecular weight excluding hydrogens is 326 g/mol. The van der Waals surface area contributed by atoms with Crippen molar-refractivity contribution in [2.75, 3.05) is 0 Å². The molecule has 0 nitrogen and oxygen atoms in total. The number of hydrogen-bond donors (Lipinski definition) is 0. The van der Waals surface area contributed by atoms with Crippen LogP contribution in [0.2, 0.25) is 0 Å². The minimum atomic E-state index is -2.59. The van der Waals surface area contributed by atoms with Crippen LogP contribution in [-0.4, -0.2) is 7.85 Å². The lowest BCUT2D eigenvalue weighted by Crippen LogP contribution is -2.20. The molecule has 2 rings (SSSR count). The highest BCUT2D eigenvalue weighted by atomic mass is 19.2. The molecule has 0 atom stereocenters. The van der Waals surface area contributed by atoms with E-state index in [1.165, 1.54) is 0 Å². The second-order valence-electron chi connectivity index (χ2n) is 4.20. The molecule has 0 fully saturated rings. The highest BCUT2D eigenvalue weighted by Crippen LogP contribution is 2.35. The van der Waals surface area contributed by atoms with Gasteiger partial charge in [0.15, 0.2) is 46.5 Å². The average Bonchev–Trinajstić information content (AvgIpc) is 2.50. The Morgan fingerprint density at radius 1 is 0.364 bits per heavy atom. The fourth-order valence-corrected chi connectivity index (χ4v) is 1.79. The van der Waals surface area contributed by atoms with E-state index in [1.807, 2.05) is 0 Å². The summed E-state index contributed by atoms with van der Waals surface area (Å²) in [6.07, 6.45) is 0. The largest absolute Gasteiger partial charge is 0.204 e. The lowest BCUT2D eigenvalue weighted by atomic mass is 9.90. The Bertz CT molecular complexity index is 675. The van der Waals surface area contributed by atoms with E-state index in [0.29, 0.717) is 7.85 Å². The second-order valence-corrected chi connectivity index (χ2v) is 4.20. The van der Waals surface area contributed by atoms with Crippen molar-refractivity contribution in [3.8, 4) is 11.1 Å². The third-order valence-electron chi connectivity index (χ3n) is 2.94. The zero-order valence-electron chi connectivity index (χ0n) is 10.4. The van der Waals surface area contributed by atoms with Crippen molar-refractivity contribution in [3.05, 3.63) is 52.4 Å². The van der Waals surface area contributed by atoms with Crippen molar-refractivity contribution in [3.63, 3.8) is 0 Å². The van der Waals surface area contributed by atoms with Crippen LogP contribution < -0.4 is 5.46 Å². The lowest BCUT2D eigenvalue weighted by Gasteiger charge is -2.13. The van der Waals surface area contributed by atoms with Gasteiger partial charge < -0.3 is 0 Å². The fourth-order valence-electron chi connectivity index (χ4n) is 1.79. The van der Waals surface area contributed by atoms with Gasteiger partial charge in [0.1, 0.15) is 7.85 Å². The molecule has 0 bridgehead atoms. The number of benzene rings is 2. The van der Waals surface area contributed by atoms with Crippen LogP contribution in [0.5, 0.6) is 0 Å². The minimum absolute atomic E-state index is 0.624. The zero-order chi connectivity index (χ0) is 16.9. The van der Waals surface area contributed by atoms with Gasteiger partial charge in [-0.05, 0) is 5.46 Å². The van der Waals surface area contributed by atoms with Crippen LogP contribution >= 0.6 is 0 Å². The maximum Gasteiger partial charge on any atom is 0.200 e. The van der Waals surface area contributed by atoms with Gasteiger partial charge in [0.05, 0.1) is 11.1 Å². The molecule has 22 heavy (non-hydrogen) atoms. The smallest absolute Gasteiger partial charge is 0.200 e. The van der Waals surface area contributed by atoms with Gasteiger partial charge in [0.2, 0.25) is 5.82 Å². The zero-order valence-corrected chi connectivity index (χ0v) is 10.4. The van der Waals surface area contributed by atoms with E-state index in [4.69, 9.17) is 0 Å². The Morgan fingerprint density at radius 3 is 0.909 bits per heavy atom. The molecule has 0 spiro atoms. The summed E-state index contributed by atoms with van der Waals surface area (Å²) in [7, 11) is 0.624. The van der Waals surface area contributed by atoms with E-state index in [0.717, 1.165) is 0 Å².